The van der Waals surface area contributed by atoms with Crippen molar-refractivity contribution in [1.82, 2.24) is 30.2 Å². The van der Waals surface area contributed by atoms with Crippen LogP contribution in [-0.4, -0.2) is 55.3 Å². The number of H-pyrrole nitrogens is 1. The van der Waals surface area contributed by atoms with Crippen LogP contribution in [0.15, 0.2) is 66.6 Å². The average Bonchev–Trinajstić information content (AvgIpc) is 3.74. The molecule has 0 spiro atoms. The number of likely N-dealkylation sites (tertiary alicyclic amines) is 1. The van der Waals surface area contributed by atoms with Crippen LogP contribution < -0.4 is 5.32 Å². The van der Waals surface area contributed by atoms with E-state index in [1.165, 1.54) is 11.3 Å². The summed E-state index contributed by atoms with van der Waals surface area (Å²) in [5.74, 6) is 0.110. The van der Waals surface area contributed by atoms with E-state index < -0.39 is 0 Å². The van der Waals surface area contributed by atoms with Gasteiger partial charge in [0.25, 0.3) is 11.8 Å². The molecule has 2 bridgehead atoms. The molecule has 37 heavy (non-hydrogen) atoms. The number of rotatable bonds is 5. The van der Waals surface area contributed by atoms with Gasteiger partial charge in [-0.25, -0.2) is 9.97 Å². The van der Waals surface area contributed by atoms with Gasteiger partial charge in [-0.05, 0) is 54.8 Å². The Morgan fingerprint density at radius 1 is 1.08 bits per heavy atom. The van der Waals surface area contributed by atoms with E-state index in [4.69, 9.17) is 0 Å². The first kappa shape index (κ1) is 22.1. The molecule has 2 fully saturated rings. The van der Waals surface area contributed by atoms with Crippen molar-refractivity contribution in [1.29, 1.82) is 0 Å². The number of hydrogen-bond acceptors (Lipinski definition) is 6. The maximum Gasteiger partial charge on any atom is 0.275 e. The molecule has 8 nitrogen and oxygen atoms in total. The fourth-order valence-electron chi connectivity index (χ4n) is 6.05. The summed E-state index contributed by atoms with van der Waals surface area (Å²) in [5.41, 5.74) is 5.96. The summed E-state index contributed by atoms with van der Waals surface area (Å²) in [6.45, 7) is 0.408. The maximum absolute atomic E-state index is 14.0. The molecule has 1 aliphatic carbocycles. The van der Waals surface area contributed by atoms with Gasteiger partial charge in [0.15, 0.2) is 5.69 Å². The van der Waals surface area contributed by atoms with Crippen molar-refractivity contribution < 1.29 is 9.59 Å². The number of amides is 2. The second-order valence-electron chi connectivity index (χ2n) is 9.76. The third kappa shape index (κ3) is 3.69. The standard InChI is InChI=1S/C28H24N6O2S/c35-27(20-2-1-3-21-26(20)37-15-33-21)32-14-23-17-6-7-19(12-17)34(23)28(36)25-24(30-10-11-31-25)18-5-4-16-8-9-29-22(16)13-18/h1-5,8-11,13,15,17,19,23,29H,6-7,12,14H2,(H,32,35)/t17-,19+,23+/m0/s1. The summed E-state index contributed by atoms with van der Waals surface area (Å²) < 4.78 is 0.879. The number of nitrogens with zero attached hydrogens (tertiary/aromatic N) is 4. The Balaban J connectivity index is 1.17. The highest BCUT2D eigenvalue weighted by molar-refractivity contribution is 7.17. The van der Waals surface area contributed by atoms with Crippen molar-refractivity contribution in [2.45, 2.75) is 31.3 Å². The first-order valence-corrected chi connectivity index (χ1v) is 13.4. The number of aromatic nitrogens is 4. The van der Waals surface area contributed by atoms with Crippen LogP contribution in [0.2, 0.25) is 0 Å². The SMILES string of the molecule is O=C(NC[C@@H]1[C@H]2CC[C@H](C2)N1C(=O)c1nccnc1-c1ccc2cc[nH]c2c1)c1cccc2ncsc12. The minimum Gasteiger partial charge on any atom is -0.361 e. The molecule has 3 atom stereocenters. The second-order valence-corrected chi connectivity index (χ2v) is 10.6. The quantitative estimate of drug-likeness (QED) is 0.359. The van der Waals surface area contributed by atoms with Crippen LogP contribution >= 0.6 is 11.3 Å². The summed E-state index contributed by atoms with van der Waals surface area (Å²) in [6, 6.07) is 13.7. The molecule has 1 aliphatic heterocycles. The van der Waals surface area contributed by atoms with Crippen LogP contribution in [0.3, 0.4) is 0 Å². The molecule has 1 saturated carbocycles. The van der Waals surface area contributed by atoms with Crippen molar-refractivity contribution in [3.8, 4) is 11.3 Å². The normalized spacial score (nSPS) is 20.6. The highest BCUT2D eigenvalue weighted by Gasteiger charge is 2.48. The van der Waals surface area contributed by atoms with Crippen LogP contribution in [0.25, 0.3) is 32.4 Å². The van der Waals surface area contributed by atoms with Gasteiger partial charge in [-0.1, -0.05) is 18.2 Å². The summed E-state index contributed by atoms with van der Waals surface area (Å²) >= 11 is 1.46. The van der Waals surface area contributed by atoms with Crippen LogP contribution in [-0.2, 0) is 0 Å². The first-order chi connectivity index (χ1) is 18.2. The molecule has 0 radical (unpaired) electrons. The molecular weight excluding hydrogens is 484 g/mol. The number of carbonyl (C=O) groups is 2. The van der Waals surface area contributed by atoms with Crippen molar-refractivity contribution in [2.24, 2.45) is 5.92 Å². The lowest BCUT2D eigenvalue weighted by Crippen LogP contribution is -2.50. The molecular formula is C28H24N6O2S. The zero-order valence-corrected chi connectivity index (χ0v) is 20.7. The maximum atomic E-state index is 14.0. The summed E-state index contributed by atoms with van der Waals surface area (Å²) in [5, 5.41) is 4.21. The number of fused-ring (bicyclic) bond motifs is 4. The third-order valence-corrected chi connectivity index (χ3v) is 8.65. The van der Waals surface area contributed by atoms with Crippen LogP contribution in [0.1, 0.15) is 40.1 Å². The lowest BCUT2D eigenvalue weighted by Gasteiger charge is -2.35. The molecule has 7 rings (SSSR count). The summed E-state index contributed by atoms with van der Waals surface area (Å²) in [7, 11) is 0. The zero-order chi connectivity index (χ0) is 24.9. The smallest absolute Gasteiger partial charge is 0.275 e. The van der Waals surface area contributed by atoms with E-state index in [1.54, 1.807) is 17.9 Å². The van der Waals surface area contributed by atoms with E-state index in [9.17, 15) is 9.59 Å². The first-order valence-electron chi connectivity index (χ1n) is 12.5. The number of carbonyl (C=O) groups excluding carboxylic acids is 2. The predicted molar refractivity (Wildman–Crippen MR) is 142 cm³/mol. The number of hydrogen-bond donors (Lipinski definition) is 2. The van der Waals surface area contributed by atoms with Crippen LogP contribution in [0.4, 0.5) is 0 Å². The fourth-order valence-corrected chi connectivity index (χ4v) is 6.85. The Bertz CT molecular complexity index is 1660. The monoisotopic (exact) mass is 508 g/mol. The molecule has 5 aromatic rings. The van der Waals surface area contributed by atoms with Crippen LogP contribution in [0.5, 0.6) is 0 Å². The largest absolute Gasteiger partial charge is 0.361 e. The van der Waals surface area contributed by atoms with Gasteiger partial charge < -0.3 is 15.2 Å². The van der Waals surface area contributed by atoms with Crippen LogP contribution in [0, 0.1) is 5.92 Å². The molecule has 2 aliphatic rings. The molecule has 2 N–H and O–H groups in total. The van der Waals surface area contributed by atoms with Gasteiger partial charge in [-0.15, -0.1) is 11.3 Å². The van der Waals surface area contributed by atoms with Gasteiger partial charge in [0.05, 0.1) is 27.3 Å². The van der Waals surface area contributed by atoms with Crippen molar-refractivity contribution >= 4 is 44.3 Å². The van der Waals surface area contributed by atoms with Gasteiger partial charge in [0.2, 0.25) is 0 Å². The molecule has 3 aromatic heterocycles. The van der Waals surface area contributed by atoms with E-state index >= 15 is 0 Å². The van der Waals surface area contributed by atoms with Crippen molar-refractivity contribution in [3.63, 3.8) is 0 Å². The number of piperidine rings is 1. The highest BCUT2D eigenvalue weighted by atomic mass is 32.1. The Morgan fingerprint density at radius 3 is 2.95 bits per heavy atom. The van der Waals surface area contributed by atoms with E-state index in [2.05, 4.69) is 25.3 Å². The zero-order valence-electron chi connectivity index (χ0n) is 19.9. The molecule has 9 heteroatoms. The van der Waals surface area contributed by atoms with Crippen molar-refractivity contribution in [2.75, 3.05) is 6.54 Å². The van der Waals surface area contributed by atoms with Gasteiger partial charge in [0.1, 0.15) is 5.69 Å². The molecule has 2 amide bonds. The molecule has 2 aromatic carbocycles. The molecule has 1 saturated heterocycles. The van der Waals surface area contributed by atoms with Gasteiger partial charge in [-0.3, -0.25) is 14.6 Å². The average molecular weight is 509 g/mol. The van der Waals surface area contributed by atoms with E-state index in [-0.39, 0.29) is 23.9 Å². The summed E-state index contributed by atoms with van der Waals surface area (Å²) in [6.07, 6.45) is 8.10. The fraction of sp³-hybridized carbons (Fsp3) is 0.250. The van der Waals surface area contributed by atoms with E-state index in [0.717, 1.165) is 45.9 Å². The lowest BCUT2D eigenvalue weighted by atomic mass is 9.97. The minimum absolute atomic E-state index is 0.0726. The summed E-state index contributed by atoms with van der Waals surface area (Å²) in [4.78, 5) is 45.7. The predicted octanol–water partition coefficient (Wildman–Crippen LogP) is 4.66. The number of benzene rings is 2. The third-order valence-electron chi connectivity index (χ3n) is 7.78. The van der Waals surface area contributed by atoms with E-state index in [1.807, 2.05) is 53.6 Å². The number of thiazole rings is 1. The molecule has 0 unspecified atom stereocenters. The number of aromatic amines is 1. The van der Waals surface area contributed by atoms with E-state index in [0.29, 0.717) is 29.4 Å². The highest BCUT2D eigenvalue weighted by Crippen LogP contribution is 2.43. The Hall–Kier alpha value is -4.11. The Kier molecular flexibility index (Phi) is 5.24. The van der Waals surface area contributed by atoms with Gasteiger partial charge in [-0.2, -0.15) is 0 Å². The molecule has 4 heterocycles. The Morgan fingerprint density at radius 2 is 2.00 bits per heavy atom. The van der Waals surface area contributed by atoms with Gasteiger partial charge in [0, 0.05) is 42.3 Å². The lowest BCUT2D eigenvalue weighted by molar-refractivity contribution is 0.0576. The number of nitrogens with one attached hydrogen (secondary N) is 2. The van der Waals surface area contributed by atoms with Crippen molar-refractivity contribution in [3.05, 3.63) is 77.8 Å². The Labute approximate surface area is 216 Å². The minimum atomic E-state index is -0.135. The topological polar surface area (TPSA) is 104 Å². The molecule has 184 valence electrons. The van der Waals surface area contributed by atoms with Gasteiger partial charge >= 0.3 is 0 Å². The second kappa shape index (κ2) is 8.77.